The van der Waals surface area contributed by atoms with E-state index in [4.69, 9.17) is 49.8 Å². The normalized spacial score (nSPS) is 5.91. The Morgan fingerprint density at radius 1 is 0.591 bits per heavy atom. The number of rotatable bonds is 1. The predicted octanol–water partition coefficient (Wildman–Crippen LogP) is -6.43. The maximum Gasteiger partial charge on any atom is 1.00 e. The maximum absolute atomic E-state index is 9.00. The summed E-state index contributed by atoms with van der Waals surface area (Å²) in [5.74, 6) is -3.33. The van der Waals surface area contributed by atoms with Crippen molar-refractivity contribution >= 4 is 23.9 Å². The van der Waals surface area contributed by atoms with E-state index in [0.29, 0.717) is 0 Å². The SMILES string of the molecule is CC(=O)O.CC(=O)O.CC(=O)O.CC(=O)O.OCCO.[H-].[H-].[Na+].[Na+]. The predicted molar refractivity (Wildman–Crippen MR) is 69.6 cm³/mol. The summed E-state index contributed by atoms with van der Waals surface area (Å²) in [5, 5.41) is 44.9. The second-order valence-electron chi connectivity index (χ2n) is 2.52. The molecule has 0 aliphatic heterocycles. The molecule has 0 aliphatic rings. The topological polar surface area (TPSA) is 190 Å². The summed E-state index contributed by atoms with van der Waals surface area (Å²) in [4.78, 5) is 36.0. The maximum atomic E-state index is 9.00. The molecule has 0 saturated heterocycles. The van der Waals surface area contributed by atoms with Crippen LogP contribution in [0.5, 0.6) is 0 Å². The Labute approximate surface area is 175 Å². The molecule has 0 aromatic rings. The molecule has 10 nitrogen and oxygen atoms in total. The van der Waals surface area contributed by atoms with Gasteiger partial charge in [-0.05, 0) is 0 Å². The smallest absolute Gasteiger partial charge is 1.00 e. The molecule has 0 radical (unpaired) electrons. The van der Waals surface area contributed by atoms with E-state index in [9.17, 15) is 0 Å². The molecular weight excluding hydrogens is 326 g/mol. The zero-order chi connectivity index (χ0) is 17.7. The molecule has 0 heterocycles. The van der Waals surface area contributed by atoms with Gasteiger partial charge in [0.15, 0.2) is 0 Å². The molecule has 126 valence electrons. The Morgan fingerprint density at radius 3 is 0.636 bits per heavy atom. The fourth-order valence-corrected chi connectivity index (χ4v) is 0. The molecule has 0 spiro atoms. The van der Waals surface area contributed by atoms with Crippen molar-refractivity contribution in [1.29, 1.82) is 0 Å². The Bertz CT molecular complexity index is 202. The first-order valence-corrected chi connectivity index (χ1v) is 4.84. The fraction of sp³-hybridized carbons (Fsp3) is 0.600. The van der Waals surface area contributed by atoms with Crippen LogP contribution in [-0.4, -0.2) is 67.7 Å². The van der Waals surface area contributed by atoms with Gasteiger partial charge >= 0.3 is 59.1 Å². The van der Waals surface area contributed by atoms with E-state index in [1.165, 1.54) is 0 Å². The molecule has 0 aliphatic carbocycles. The Hall–Kier alpha value is -0.200. The van der Waals surface area contributed by atoms with Crippen LogP contribution in [-0.2, 0) is 19.2 Å². The quantitative estimate of drug-likeness (QED) is 0.248. The van der Waals surface area contributed by atoms with Gasteiger partial charge in [0.2, 0.25) is 0 Å². The van der Waals surface area contributed by atoms with Crippen LogP contribution in [0.3, 0.4) is 0 Å². The molecule has 0 saturated carbocycles. The van der Waals surface area contributed by atoms with Crippen molar-refractivity contribution in [3.05, 3.63) is 0 Å². The van der Waals surface area contributed by atoms with Crippen LogP contribution in [0.4, 0.5) is 0 Å². The van der Waals surface area contributed by atoms with Gasteiger partial charge in [0, 0.05) is 27.7 Å². The van der Waals surface area contributed by atoms with Gasteiger partial charge in [-0.25, -0.2) is 0 Å². The number of hydrogen-bond acceptors (Lipinski definition) is 6. The number of aliphatic hydroxyl groups is 2. The molecule has 22 heavy (non-hydrogen) atoms. The van der Waals surface area contributed by atoms with Gasteiger partial charge in [0.1, 0.15) is 0 Å². The first-order chi connectivity index (χ1) is 8.84. The summed E-state index contributed by atoms with van der Waals surface area (Å²) in [6, 6.07) is 0. The van der Waals surface area contributed by atoms with Gasteiger partial charge in [0.25, 0.3) is 23.9 Å². The number of carbonyl (C=O) groups is 4. The van der Waals surface area contributed by atoms with Gasteiger partial charge in [-0.1, -0.05) is 0 Å². The van der Waals surface area contributed by atoms with E-state index in [2.05, 4.69) is 0 Å². The first-order valence-electron chi connectivity index (χ1n) is 4.84. The summed E-state index contributed by atoms with van der Waals surface area (Å²) in [5.41, 5.74) is 0. The molecule has 0 unspecified atom stereocenters. The van der Waals surface area contributed by atoms with Gasteiger partial charge < -0.3 is 33.5 Å². The van der Waals surface area contributed by atoms with Crippen molar-refractivity contribution in [2.75, 3.05) is 13.2 Å². The van der Waals surface area contributed by atoms with Crippen LogP contribution in [0, 0.1) is 0 Å². The molecule has 0 aromatic heterocycles. The van der Waals surface area contributed by atoms with Crippen LogP contribution in [0.1, 0.15) is 30.5 Å². The van der Waals surface area contributed by atoms with Crippen molar-refractivity contribution in [3.8, 4) is 0 Å². The zero-order valence-electron chi connectivity index (χ0n) is 15.7. The standard InChI is InChI=1S/4C2H4O2.C2H6O2.2Na.2H/c4*1-2(3)4;3-1-2-4;;;;/h4*1H3,(H,3,4);3-4H,1-2H2;;;;/q;;;;;2*+1;2*-1. The third kappa shape index (κ3) is 10900. The van der Waals surface area contributed by atoms with Crippen molar-refractivity contribution in [2.24, 2.45) is 0 Å². The second kappa shape index (κ2) is 42.8. The second-order valence-corrected chi connectivity index (χ2v) is 2.52. The molecule has 0 fully saturated rings. The van der Waals surface area contributed by atoms with Crippen LogP contribution in [0.15, 0.2) is 0 Å². The van der Waals surface area contributed by atoms with Crippen molar-refractivity contribution in [1.82, 2.24) is 0 Å². The molecule has 0 atom stereocenters. The summed E-state index contributed by atoms with van der Waals surface area (Å²) >= 11 is 0. The number of carboxylic acids is 4. The minimum Gasteiger partial charge on any atom is -1.00 e. The molecule has 12 heteroatoms. The van der Waals surface area contributed by atoms with Gasteiger partial charge in [-0.2, -0.15) is 0 Å². The fourth-order valence-electron chi connectivity index (χ4n) is 0. The van der Waals surface area contributed by atoms with Crippen molar-refractivity contribution in [2.45, 2.75) is 27.7 Å². The van der Waals surface area contributed by atoms with Crippen LogP contribution in [0.2, 0.25) is 0 Å². The Morgan fingerprint density at radius 2 is 0.636 bits per heavy atom. The minimum absolute atomic E-state index is 0. The van der Waals surface area contributed by atoms with Crippen LogP contribution >= 0.6 is 0 Å². The van der Waals surface area contributed by atoms with Gasteiger partial charge in [0.05, 0.1) is 13.2 Å². The van der Waals surface area contributed by atoms with E-state index in [1.807, 2.05) is 0 Å². The third-order valence-electron chi connectivity index (χ3n) is 0.1000. The third-order valence-corrected chi connectivity index (χ3v) is 0.1000. The van der Waals surface area contributed by atoms with Crippen LogP contribution in [0.25, 0.3) is 0 Å². The summed E-state index contributed by atoms with van der Waals surface area (Å²) < 4.78 is 0. The summed E-state index contributed by atoms with van der Waals surface area (Å²) in [6.07, 6.45) is 0. The minimum atomic E-state index is -0.833. The molecule has 0 aromatic carbocycles. The van der Waals surface area contributed by atoms with Gasteiger partial charge in [-0.15, -0.1) is 0 Å². The van der Waals surface area contributed by atoms with Gasteiger partial charge in [-0.3, -0.25) is 19.2 Å². The first kappa shape index (κ1) is 43.1. The molecular formula is C10H24Na2O10. The van der Waals surface area contributed by atoms with E-state index in [1.54, 1.807) is 0 Å². The number of carboxylic acid groups (broad SMARTS) is 4. The average Bonchev–Trinajstić information content (AvgIpc) is 2.13. The van der Waals surface area contributed by atoms with Crippen molar-refractivity contribution < 1.29 is 112 Å². The Balaban J connectivity index is -0.0000000161. The van der Waals surface area contributed by atoms with Crippen LogP contribution < -0.4 is 59.1 Å². The van der Waals surface area contributed by atoms with E-state index in [0.717, 1.165) is 27.7 Å². The molecule has 0 rings (SSSR count). The Kier molecular flexibility index (Phi) is 83.8. The number of hydrogen-bond donors (Lipinski definition) is 6. The number of aliphatic hydroxyl groups excluding tert-OH is 2. The zero-order valence-corrected chi connectivity index (χ0v) is 17.7. The van der Waals surface area contributed by atoms with Crippen molar-refractivity contribution in [3.63, 3.8) is 0 Å². The monoisotopic (exact) mass is 350 g/mol. The molecule has 0 bridgehead atoms. The largest absolute Gasteiger partial charge is 1.00 e. The average molecular weight is 350 g/mol. The summed E-state index contributed by atoms with van der Waals surface area (Å²) in [7, 11) is 0. The molecule has 0 amide bonds. The van der Waals surface area contributed by atoms with E-state index >= 15 is 0 Å². The number of aliphatic carboxylic acids is 4. The van der Waals surface area contributed by atoms with E-state index < -0.39 is 23.9 Å². The van der Waals surface area contributed by atoms with E-state index in [-0.39, 0.29) is 75.2 Å². The molecule has 6 N–H and O–H groups in total. The summed E-state index contributed by atoms with van der Waals surface area (Å²) in [6.45, 7) is 4.08.